The van der Waals surface area contributed by atoms with Gasteiger partial charge < -0.3 is 5.11 Å². The Labute approximate surface area is 159 Å². The average molecular weight is 374 g/mol. The summed E-state index contributed by atoms with van der Waals surface area (Å²) in [6, 6.07) is 14.8. The summed E-state index contributed by atoms with van der Waals surface area (Å²) >= 11 is 1.37. The molecule has 0 saturated carbocycles. The van der Waals surface area contributed by atoms with Crippen LogP contribution in [0.2, 0.25) is 0 Å². The highest BCUT2D eigenvalue weighted by molar-refractivity contribution is 7.23. The average Bonchev–Trinajstić information content (AvgIpc) is 3.00. The highest BCUT2D eigenvalue weighted by Crippen LogP contribution is 2.43. The number of fused-ring (bicyclic) bond motifs is 1. The van der Waals surface area contributed by atoms with E-state index in [9.17, 15) is 14.7 Å². The van der Waals surface area contributed by atoms with Crippen molar-refractivity contribution in [3.63, 3.8) is 0 Å². The Morgan fingerprint density at radius 1 is 0.963 bits per heavy atom. The van der Waals surface area contributed by atoms with Crippen molar-refractivity contribution < 1.29 is 14.7 Å². The standard InChI is InChI=1S/C21H14N2O3S/c24-16-8-9-18(25)14(12-16)10-13-4-3-5-15(11-13)22-23-21-20(26)17-6-1-2-7-19(17)27-21/h1-9,11-12,26H,10H2. The Morgan fingerprint density at radius 2 is 1.81 bits per heavy atom. The van der Waals surface area contributed by atoms with E-state index < -0.39 is 0 Å². The van der Waals surface area contributed by atoms with Gasteiger partial charge in [0.15, 0.2) is 22.3 Å². The zero-order valence-electron chi connectivity index (χ0n) is 14.1. The molecule has 0 spiro atoms. The molecule has 0 fully saturated rings. The van der Waals surface area contributed by atoms with Crippen molar-refractivity contribution >= 4 is 43.7 Å². The number of allylic oxidation sites excluding steroid dienone is 4. The van der Waals surface area contributed by atoms with Crippen LogP contribution in [0.5, 0.6) is 5.75 Å². The van der Waals surface area contributed by atoms with Gasteiger partial charge in [-0.15, -0.1) is 21.6 Å². The van der Waals surface area contributed by atoms with Crippen LogP contribution in [-0.2, 0) is 16.0 Å². The fourth-order valence-electron chi connectivity index (χ4n) is 2.83. The number of carbonyl (C=O) groups excluding carboxylic acids is 2. The van der Waals surface area contributed by atoms with Crippen molar-refractivity contribution in [1.82, 2.24) is 0 Å². The zero-order valence-corrected chi connectivity index (χ0v) is 14.9. The van der Waals surface area contributed by atoms with Crippen molar-refractivity contribution in [3.8, 4) is 5.75 Å². The molecule has 6 heteroatoms. The molecule has 1 aromatic heterocycles. The lowest BCUT2D eigenvalue weighted by Crippen LogP contribution is -2.09. The van der Waals surface area contributed by atoms with E-state index in [2.05, 4.69) is 10.2 Å². The minimum absolute atomic E-state index is 0.124. The molecule has 0 saturated heterocycles. The van der Waals surface area contributed by atoms with Gasteiger partial charge in [0.25, 0.3) is 0 Å². The fourth-order valence-corrected chi connectivity index (χ4v) is 3.75. The second kappa shape index (κ2) is 7.09. The van der Waals surface area contributed by atoms with E-state index >= 15 is 0 Å². The Hall–Kier alpha value is -3.38. The van der Waals surface area contributed by atoms with Gasteiger partial charge in [0, 0.05) is 22.1 Å². The molecule has 0 amide bonds. The highest BCUT2D eigenvalue weighted by atomic mass is 32.1. The third-order valence-electron chi connectivity index (χ3n) is 4.14. The first-order chi connectivity index (χ1) is 13.1. The number of rotatable bonds is 4. The molecule has 1 aliphatic rings. The van der Waals surface area contributed by atoms with Crippen molar-refractivity contribution in [3.05, 3.63) is 77.9 Å². The van der Waals surface area contributed by atoms with Gasteiger partial charge in [0.05, 0.1) is 5.69 Å². The van der Waals surface area contributed by atoms with Crippen LogP contribution in [0.15, 0.2) is 82.6 Å². The van der Waals surface area contributed by atoms with E-state index in [1.165, 1.54) is 29.6 Å². The summed E-state index contributed by atoms with van der Waals surface area (Å²) in [5.41, 5.74) is 1.92. The maximum Gasteiger partial charge on any atom is 0.182 e. The van der Waals surface area contributed by atoms with E-state index in [1.807, 2.05) is 42.5 Å². The number of carbonyl (C=O) groups is 2. The maximum absolute atomic E-state index is 11.9. The molecular weight excluding hydrogens is 360 g/mol. The topological polar surface area (TPSA) is 79.1 Å². The monoisotopic (exact) mass is 374 g/mol. The molecule has 3 aromatic rings. The summed E-state index contributed by atoms with van der Waals surface area (Å²) in [5, 5.41) is 19.9. The lowest BCUT2D eigenvalue weighted by molar-refractivity contribution is -0.114. The molecule has 1 N–H and O–H groups in total. The van der Waals surface area contributed by atoms with E-state index in [0.717, 1.165) is 15.6 Å². The number of hydrogen-bond acceptors (Lipinski definition) is 6. The van der Waals surface area contributed by atoms with Crippen LogP contribution in [0, 0.1) is 0 Å². The molecule has 132 valence electrons. The Kier molecular flexibility index (Phi) is 4.48. The zero-order chi connectivity index (χ0) is 18.8. The number of aromatic hydroxyl groups is 1. The molecular formula is C21H14N2O3S. The van der Waals surface area contributed by atoms with Crippen molar-refractivity contribution in [2.75, 3.05) is 0 Å². The quantitative estimate of drug-likeness (QED) is 0.503. The summed E-state index contributed by atoms with van der Waals surface area (Å²) < 4.78 is 0.943. The molecule has 4 rings (SSSR count). The second-order valence-electron chi connectivity index (χ2n) is 6.07. The van der Waals surface area contributed by atoms with Crippen molar-refractivity contribution in [1.29, 1.82) is 0 Å². The Bertz CT molecular complexity index is 1160. The Morgan fingerprint density at radius 3 is 2.67 bits per heavy atom. The molecule has 1 aliphatic carbocycles. The fraction of sp³-hybridized carbons (Fsp3) is 0.0476. The predicted octanol–water partition coefficient (Wildman–Crippen LogP) is 5.20. The minimum Gasteiger partial charge on any atom is -0.504 e. The van der Waals surface area contributed by atoms with Gasteiger partial charge in [-0.2, -0.15) is 0 Å². The summed E-state index contributed by atoms with van der Waals surface area (Å²) in [6.45, 7) is 0. The summed E-state index contributed by atoms with van der Waals surface area (Å²) in [4.78, 5) is 23.4. The molecule has 2 aromatic carbocycles. The minimum atomic E-state index is -0.180. The van der Waals surface area contributed by atoms with Crippen LogP contribution in [0.1, 0.15) is 5.56 Å². The van der Waals surface area contributed by atoms with Gasteiger partial charge in [-0.3, -0.25) is 9.59 Å². The molecule has 0 aliphatic heterocycles. The highest BCUT2D eigenvalue weighted by Gasteiger charge is 2.14. The third-order valence-corrected chi connectivity index (χ3v) is 5.19. The number of thiophene rings is 1. The molecule has 27 heavy (non-hydrogen) atoms. The largest absolute Gasteiger partial charge is 0.504 e. The third kappa shape index (κ3) is 3.61. The van der Waals surface area contributed by atoms with E-state index in [0.29, 0.717) is 22.7 Å². The van der Waals surface area contributed by atoms with Crippen molar-refractivity contribution in [2.45, 2.75) is 6.42 Å². The predicted molar refractivity (Wildman–Crippen MR) is 105 cm³/mol. The first kappa shape index (κ1) is 17.1. The van der Waals surface area contributed by atoms with Crippen LogP contribution >= 0.6 is 11.3 Å². The van der Waals surface area contributed by atoms with Gasteiger partial charge >= 0.3 is 0 Å². The summed E-state index contributed by atoms with van der Waals surface area (Å²) in [5.74, 6) is -0.212. The van der Waals surface area contributed by atoms with E-state index in [-0.39, 0.29) is 17.3 Å². The molecule has 1 heterocycles. The van der Waals surface area contributed by atoms with Crippen LogP contribution in [0.3, 0.4) is 0 Å². The van der Waals surface area contributed by atoms with Gasteiger partial charge in [0.2, 0.25) is 0 Å². The Balaban J connectivity index is 1.57. The number of nitrogens with zero attached hydrogens (tertiary/aromatic N) is 2. The van der Waals surface area contributed by atoms with Gasteiger partial charge in [-0.25, -0.2) is 0 Å². The van der Waals surface area contributed by atoms with Gasteiger partial charge in [0.1, 0.15) is 0 Å². The smallest absolute Gasteiger partial charge is 0.182 e. The molecule has 0 unspecified atom stereocenters. The SMILES string of the molecule is O=C1C=CC(=O)C(Cc2cccc(N=Nc3sc4ccccc4c3O)c2)=C1. The van der Waals surface area contributed by atoms with Gasteiger partial charge in [-0.05, 0) is 48.1 Å². The summed E-state index contributed by atoms with van der Waals surface area (Å²) in [7, 11) is 0. The molecule has 5 nitrogen and oxygen atoms in total. The maximum atomic E-state index is 11.9. The van der Waals surface area contributed by atoms with Crippen LogP contribution < -0.4 is 0 Å². The van der Waals surface area contributed by atoms with E-state index in [1.54, 1.807) is 6.07 Å². The van der Waals surface area contributed by atoms with Crippen LogP contribution in [0.4, 0.5) is 10.7 Å². The van der Waals surface area contributed by atoms with Crippen molar-refractivity contribution in [2.24, 2.45) is 10.2 Å². The number of ketones is 2. The lowest BCUT2D eigenvalue weighted by atomic mass is 9.96. The van der Waals surface area contributed by atoms with Gasteiger partial charge in [-0.1, -0.05) is 24.3 Å². The van der Waals surface area contributed by atoms with E-state index in [4.69, 9.17) is 0 Å². The normalized spacial score (nSPS) is 14.3. The first-order valence-electron chi connectivity index (χ1n) is 8.28. The lowest BCUT2D eigenvalue weighted by Gasteiger charge is -2.07. The summed E-state index contributed by atoms with van der Waals surface area (Å²) in [6.07, 6.45) is 4.29. The van der Waals surface area contributed by atoms with Crippen LogP contribution in [-0.4, -0.2) is 16.7 Å². The first-order valence-corrected chi connectivity index (χ1v) is 9.10. The molecule has 0 atom stereocenters. The molecule has 0 radical (unpaired) electrons. The number of benzene rings is 2. The number of azo groups is 1. The second-order valence-corrected chi connectivity index (χ2v) is 7.10. The number of hydrogen-bond donors (Lipinski definition) is 1. The molecule has 0 bridgehead atoms. The van der Waals surface area contributed by atoms with Crippen LogP contribution in [0.25, 0.3) is 10.1 Å².